The number of benzene rings is 3. The van der Waals surface area contributed by atoms with E-state index in [1.165, 1.54) is 43.4 Å². The predicted molar refractivity (Wildman–Crippen MR) is 199 cm³/mol. The number of nitrogens with zero attached hydrogens (tertiary/aromatic N) is 2. The van der Waals surface area contributed by atoms with Crippen LogP contribution in [0.2, 0.25) is 5.02 Å². The highest BCUT2D eigenvalue weighted by molar-refractivity contribution is 6.30. The van der Waals surface area contributed by atoms with E-state index in [0.29, 0.717) is 28.3 Å². The summed E-state index contributed by atoms with van der Waals surface area (Å²) in [5.74, 6) is -5.07. The highest BCUT2D eigenvalue weighted by Gasteiger charge is 2.69. The summed E-state index contributed by atoms with van der Waals surface area (Å²) in [6, 6.07) is 15.4. The first kappa shape index (κ1) is 35.8. The van der Waals surface area contributed by atoms with E-state index >= 15 is 4.79 Å². The lowest BCUT2D eigenvalue weighted by Crippen LogP contribution is -2.54. The number of anilines is 1. The number of phenolic OH excluding ortho intramolecular Hbond substituents is 1. The van der Waals surface area contributed by atoms with E-state index in [4.69, 9.17) is 21.1 Å². The van der Waals surface area contributed by atoms with E-state index in [9.17, 15) is 23.9 Å². The van der Waals surface area contributed by atoms with Crippen LogP contribution < -0.4 is 14.9 Å². The number of rotatable bonds is 8. The van der Waals surface area contributed by atoms with Crippen LogP contribution in [0.1, 0.15) is 56.1 Å². The monoisotopic (exact) mass is 753 g/mol. The minimum Gasteiger partial charge on any atom is -0.502 e. The molecular weight excluding hydrogens is 713 g/mol. The van der Waals surface area contributed by atoms with Gasteiger partial charge in [-0.2, -0.15) is 5.01 Å². The fourth-order valence-corrected chi connectivity index (χ4v) is 9.97. The van der Waals surface area contributed by atoms with Crippen LogP contribution in [-0.2, 0) is 24.6 Å². The van der Waals surface area contributed by atoms with Crippen molar-refractivity contribution in [1.82, 2.24) is 9.91 Å². The summed E-state index contributed by atoms with van der Waals surface area (Å²) in [7, 11) is 2.86. The second-order valence-electron chi connectivity index (χ2n) is 14.9. The Bertz CT molecular complexity index is 2050. The zero-order valence-corrected chi connectivity index (χ0v) is 30.7. The zero-order valence-electron chi connectivity index (χ0n) is 30.0. The first-order valence-electron chi connectivity index (χ1n) is 18.4. The van der Waals surface area contributed by atoms with Crippen molar-refractivity contribution >= 4 is 47.0 Å². The molecule has 4 amide bonds. The number of carbonyl (C=O) groups is 4. The maximum Gasteiger partial charge on any atom is 0.260 e. The highest BCUT2D eigenvalue weighted by atomic mass is 35.5. The van der Waals surface area contributed by atoms with Crippen LogP contribution in [0.15, 0.2) is 78.4 Å². The molecule has 3 aliphatic carbocycles. The van der Waals surface area contributed by atoms with Gasteiger partial charge in [0.2, 0.25) is 17.6 Å². The molecule has 0 aromatic heterocycles. The van der Waals surface area contributed by atoms with Crippen molar-refractivity contribution in [2.75, 3.05) is 19.6 Å². The van der Waals surface area contributed by atoms with Crippen molar-refractivity contribution in [2.24, 2.45) is 29.6 Å². The second kappa shape index (κ2) is 13.9. The predicted octanol–water partition coefficient (Wildman–Crippen LogP) is 7.07. The fourth-order valence-electron chi connectivity index (χ4n) is 9.84. The lowest BCUT2D eigenvalue weighted by atomic mass is 9.50. The van der Waals surface area contributed by atoms with Gasteiger partial charge in [0, 0.05) is 17.0 Å². The Balaban J connectivity index is 1.30. The summed E-state index contributed by atoms with van der Waals surface area (Å²) >= 11 is 6.38. The number of likely N-dealkylation sites (tertiary alicyclic amines) is 1. The third-order valence-corrected chi connectivity index (χ3v) is 12.5. The average molecular weight is 754 g/mol. The van der Waals surface area contributed by atoms with Crippen LogP contribution in [0.4, 0.5) is 10.1 Å². The second-order valence-corrected chi connectivity index (χ2v) is 15.3. The van der Waals surface area contributed by atoms with Crippen LogP contribution in [0.5, 0.6) is 17.2 Å². The molecule has 2 aliphatic heterocycles. The number of hydrogen-bond acceptors (Lipinski definition) is 8. The topological polar surface area (TPSA) is 125 Å². The van der Waals surface area contributed by atoms with Crippen molar-refractivity contribution in [3.63, 3.8) is 0 Å². The molecule has 3 aromatic rings. The van der Waals surface area contributed by atoms with Crippen molar-refractivity contribution in [1.29, 1.82) is 0 Å². The van der Waals surface area contributed by atoms with E-state index in [2.05, 4.69) is 5.43 Å². The molecule has 6 atom stereocenters. The minimum atomic E-state index is -1.50. The minimum absolute atomic E-state index is 0.134. The fraction of sp³-hybridized carbons (Fsp3) is 0.381. The number of halogens is 2. The van der Waals surface area contributed by atoms with Gasteiger partial charge in [-0.3, -0.25) is 29.5 Å². The molecule has 5 aliphatic rings. The highest BCUT2D eigenvalue weighted by Crippen LogP contribution is 2.62. The number of ether oxygens (including phenoxy) is 2. The maximum absolute atomic E-state index is 15.2. The molecule has 2 N–H and O–H groups in total. The quantitative estimate of drug-likeness (QED) is 0.185. The van der Waals surface area contributed by atoms with E-state index in [-0.39, 0.29) is 41.5 Å². The molecule has 8 rings (SSSR count). The number of amides is 4. The van der Waals surface area contributed by atoms with Crippen molar-refractivity contribution in [3.8, 4) is 17.2 Å². The van der Waals surface area contributed by atoms with Gasteiger partial charge in [-0.1, -0.05) is 66.8 Å². The zero-order chi connectivity index (χ0) is 37.9. The van der Waals surface area contributed by atoms with Gasteiger partial charge in [-0.15, -0.1) is 0 Å². The number of hydrogen-bond donors (Lipinski definition) is 2. The molecule has 0 spiro atoms. The standard InChI is InChI=1S/C42H41ClFN3O7/c1-53-34-20-23(21-35(54-2)37(34)48)8-19-32-29-17-18-30-36(40(51)46(38(30)49)28-6-4-3-5-7-28)31(29)22-33-39(50)47(45-27-15-13-26(44)14-16-27)41(52)42(32,33)24-9-11-25(43)12-10-24/h8-17,19-21,28,30-33,36,45,48H,3-7,18,22H2,1-2H3. The van der Waals surface area contributed by atoms with E-state index in [1.807, 2.05) is 12.2 Å². The third-order valence-electron chi connectivity index (χ3n) is 12.3. The van der Waals surface area contributed by atoms with E-state index < -0.39 is 52.6 Å². The van der Waals surface area contributed by atoms with Gasteiger partial charge in [0.15, 0.2) is 11.5 Å². The van der Waals surface area contributed by atoms with Gasteiger partial charge in [-0.05, 0) is 91.3 Å². The Morgan fingerprint density at radius 1 is 0.889 bits per heavy atom. The molecule has 2 heterocycles. The lowest BCUT2D eigenvalue weighted by molar-refractivity contribution is -0.144. The molecule has 0 radical (unpaired) electrons. The summed E-state index contributed by atoms with van der Waals surface area (Å²) < 4.78 is 24.7. The molecule has 6 unspecified atom stereocenters. The number of imide groups is 2. The summed E-state index contributed by atoms with van der Waals surface area (Å²) in [5, 5.41) is 12.1. The Morgan fingerprint density at radius 3 is 2.20 bits per heavy atom. The summed E-state index contributed by atoms with van der Waals surface area (Å²) in [4.78, 5) is 60.1. The average Bonchev–Trinajstić information content (AvgIpc) is 3.56. The van der Waals surface area contributed by atoms with E-state index in [1.54, 1.807) is 42.5 Å². The van der Waals surface area contributed by atoms with Crippen LogP contribution in [0.25, 0.3) is 6.08 Å². The van der Waals surface area contributed by atoms with E-state index in [0.717, 1.165) is 42.7 Å². The smallest absolute Gasteiger partial charge is 0.260 e. The number of allylic oxidation sites excluding steroid dienone is 3. The van der Waals surface area contributed by atoms with Gasteiger partial charge in [0.25, 0.3) is 11.8 Å². The molecule has 3 aromatic carbocycles. The lowest BCUT2D eigenvalue weighted by Gasteiger charge is -2.49. The Kier molecular flexibility index (Phi) is 9.24. The number of nitrogens with one attached hydrogen (secondary N) is 1. The third kappa shape index (κ3) is 5.58. The van der Waals surface area contributed by atoms with Crippen molar-refractivity contribution in [2.45, 2.75) is 56.4 Å². The molecule has 2 saturated heterocycles. The molecule has 12 heteroatoms. The maximum atomic E-state index is 15.2. The largest absolute Gasteiger partial charge is 0.502 e. The van der Waals surface area contributed by atoms with Crippen LogP contribution in [0, 0.1) is 35.4 Å². The summed E-state index contributed by atoms with van der Waals surface area (Å²) in [5.41, 5.74) is 3.77. The van der Waals surface area contributed by atoms with Crippen molar-refractivity contribution < 1.29 is 38.1 Å². The Morgan fingerprint density at radius 2 is 1.56 bits per heavy atom. The summed E-state index contributed by atoms with van der Waals surface area (Å²) in [6.45, 7) is 0. The number of phenols is 1. The normalized spacial score (nSPS) is 28.2. The van der Waals surface area contributed by atoms with Gasteiger partial charge in [0.05, 0.1) is 43.1 Å². The first-order valence-corrected chi connectivity index (χ1v) is 18.8. The molecular formula is C42H41ClFN3O7. The number of methoxy groups -OCH3 is 2. The molecule has 4 fully saturated rings. The van der Waals surface area contributed by atoms with Crippen LogP contribution in [0.3, 0.4) is 0 Å². The first-order chi connectivity index (χ1) is 26.1. The van der Waals surface area contributed by atoms with Gasteiger partial charge < -0.3 is 14.6 Å². The molecule has 10 nitrogen and oxygen atoms in total. The molecule has 0 bridgehead atoms. The number of carbonyl (C=O) groups excluding carboxylic acids is 4. The van der Waals surface area contributed by atoms with Gasteiger partial charge >= 0.3 is 0 Å². The number of fused-ring (bicyclic) bond motifs is 4. The SMILES string of the molecule is COc1cc(C=CC2C3=CCC4C(=O)N(C5CCCCC5)C(=O)C4C3CC3C(=O)N(Nc4ccc(F)cc4)C(=O)C23c2ccc(Cl)cc2)cc(OC)c1O. The Labute approximate surface area is 317 Å². The molecule has 2 saturated carbocycles. The van der Waals surface area contributed by atoms with Crippen LogP contribution >= 0.6 is 11.6 Å². The van der Waals surface area contributed by atoms with Crippen LogP contribution in [-0.4, -0.2) is 58.9 Å². The van der Waals surface area contributed by atoms with Gasteiger partial charge in [0.1, 0.15) is 5.82 Å². The van der Waals surface area contributed by atoms with Crippen molar-refractivity contribution in [3.05, 3.63) is 100 Å². The number of aromatic hydroxyl groups is 1. The number of hydrazine groups is 1. The molecule has 280 valence electrons. The van der Waals surface area contributed by atoms with Gasteiger partial charge in [-0.25, -0.2) is 4.39 Å². The molecule has 54 heavy (non-hydrogen) atoms. The summed E-state index contributed by atoms with van der Waals surface area (Å²) in [6.07, 6.45) is 10.7. The Hall–Kier alpha value is -5.16.